The van der Waals surface area contributed by atoms with Crippen LogP contribution in [0, 0.1) is 0 Å². The zero-order chi connectivity index (χ0) is 19.1. The van der Waals surface area contributed by atoms with Crippen LogP contribution in [0.1, 0.15) is 12.5 Å². The number of hydrogen-bond acceptors (Lipinski definition) is 4. The first-order valence-electron chi connectivity index (χ1n) is 9.24. The van der Waals surface area contributed by atoms with Crippen LogP contribution >= 0.6 is 11.3 Å². The second-order valence-electron chi connectivity index (χ2n) is 6.73. The largest absolute Gasteiger partial charge is 0.422 e. The van der Waals surface area contributed by atoms with Gasteiger partial charge in [-0.2, -0.15) is 0 Å². The number of rotatable bonds is 3. The molecule has 136 valence electrons. The number of aryl methyl sites for hydroxylation is 1. The first-order chi connectivity index (χ1) is 13.7. The molecule has 0 radical (unpaired) electrons. The van der Waals surface area contributed by atoms with Crippen LogP contribution in [0.5, 0.6) is 0 Å². The third-order valence-electron chi connectivity index (χ3n) is 5.03. The fraction of sp³-hybridized carbons (Fsp3) is 0.0833. The summed E-state index contributed by atoms with van der Waals surface area (Å²) in [5, 5.41) is 5.78. The summed E-state index contributed by atoms with van der Waals surface area (Å²) in [6.45, 7) is 2.14. The first-order valence-corrected chi connectivity index (χ1v) is 10.1. The smallest absolute Gasteiger partial charge is 0.346 e. The van der Waals surface area contributed by atoms with Gasteiger partial charge in [0.15, 0.2) is 0 Å². The third kappa shape index (κ3) is 2.83. The number of nitrogens with zero attached hydrogens (tertiary/aromatic N) is 1. The molecule has 5 rings (SSSR count). The Bertz CT molecular complexity index is 1360. The Morgan fingerprint density at radius 3 is 2.61 bits per heavy atom. The average molecular weight is 383 g/mol. The van der Waals surface area contributed by atoms with Crippen molar-refractivity contribution >= 4 is 33.1 Å². The molecule has 0 spiro atoms. The van der Waals surface area contributed by atoms with Crippen molar-refractivity contribution in [2.45, 2.75) is 13.3 Å². The molecule has 0 aliphatic carbocycles. The zero-order valence-electron chi connectivity index (χ0n) is 15.3. The molecule has 0 amide bonds. The molecule has 2 aromatic heterocycles. The number of benzene rings is 3. The summed E-state index contributed by atoms with van der Waals surface area (Å²) in [7, 11) is 0. The highest BCUT2D eigenvalue weighted by molar-refractivity contribution is 7.13. The normalized spacial score (nSPS) is 11.3. The Morgan fingerprint density at radius 2 is 1.79 bits per heavy atom. The van der Waals surface area contributed by atoms with Gasteiger partial charge in [0.2, 0.25) is 0 Å². The van der Waals surface area contributed by atoms with E-state index in [0.29, 0.717) is 16.2 Å². The summed E-state index contributed by atoms with van der Waals surface area (Å²) in [5.41, 5.74) is 3.96. The molecular weight excluding hydrogens is 366 g/mol. The molecule has 0 saturated heterocycles. The highest BCUT2D eigenvalue weighted by Crippen LogP contribution is 2.31. The lowest BCUT2D eigenvalue weighted by molar-refractivity contribution is 0.564. The Labute approximate surface area is 165 Å². The highest BCUT2D eigenvalue weighted by Gasteiger charge is 2.14. The van der Waals surface area contributed by atoms with E-state index in [9.17, 15) is 4.79 Å². The Hall–Kier alpha value is -3.24. The van der Waals surface area contributed by atoms with Crippen molar-refractivity contribution in [2.24, 2.45) is 0 Å². The molecule has 0 unspecified atom stereocenters. The number of aromatic nitrogens is 1. The third-order valence-corrected chi connectivity index (χ3v) is 5.91. The van der Waals surface area contributed by atoms with Crippen LogP contribution in [-0.4, -0.2) is 4.98 Å². The fourth-order valence-electron chi connectivity index (χ4n) is 3.46. The van der Waals surface area contributed by atoms with Crippen LogP contribution in [0.2, 0.25) is 0 Å². The summed E-state index contributed by atoms with van der Waals surface area (Å²) in [6.07, 6.45) is 1.01. The van der Waals surface area contributed by atoms with Crippen LogP contribution < -0.4 is 5.63 Å². The summed E-state index contributed by atoms with van der Waals surface area (Å²) < 4.78 is 5.61. The van der Waals surface area contributed by atoms with Crippen LogP contribution in [0.4, 0.5) is 0 Å². The minimum atomic E-state index is -0.356. The molecular formula is C24H17NO2S. The second kappa shape index (κ2) is 6.73. The standard InChI is InChI=1S/C24H17NO2S/c1-2-15-7-9-17(10-8-15)21-14-28-23(25-21)20-13-19-18-6-4-3-5-16(18)11-12-22(19)27-24(20)26/h3-14H,2H2,1H3. The first kappa shape index (κ1) is 16.9. The van der Waals surface area contributed by atoms with E-state index in [1.807, 2.05) is 41.8 Å². The van der Waals surface area contributed by atoms with Gasteiger partial charge in [-0.3, -0.25) is 0 Å². The molecule has 0 bridgehead atoms. The van der Waals surface area contributed by atoms with E-state index in [2.05, 4.69) is 37.3 Å². The molecule has 2 heterocycles. The van der Waals surface area contributed by atoms with Gasteiger partial charge < -0.3 is 4.42 Å². The van der Waals surface area contributed by atoms with Crippen molar-refractivity contribution < 1.29 is 4.42 Å². The molecule has 5 aromatic rings. The van der Waals surface area contributed by atoms with E-state index >= 15 is 0 Å². The maximum Gasteiger partial charge on any atom is 0.346 e. The van der Waals surface area contributed by atoms with Crippen molar-refractivity contribution in [3.8, 4) is 21.8 Å². The van der Waals surface area contributed by atoms with E-state index in [4.69, 9.17) is 9.40 Å². The Kier molecular flexibility index (Phi) is 4.06. The summed E-state index contributed by atoms with van der Waals surface area (Å²) in [5.74, 6) is 0. The predicted molar refractivity (Wildman–Crippen MR) is 116 cm³/mol. The lowest BCUT2D eigenvalue weighted by atomic mass is 10.0. The molecule has 0 fully saturated rings. The molecule has 3 aromatic carbocycles. The van der Waals surface area contributed by atoms with E-state index in [1.54, 1.807) is 0 Å². The van der Waals surface area contributed by atoms with E-state index in [1.165, 1.54) is 16.9 Å². The van der Waals surface area contributed by atoms with Crippen LogP contribution in [0.15, 0.2) is 81.3 Å². The van der Waals surface area contributed by atoms with Crippen molar-refractivity contribution in [3.63, 3.8) is 0 Å². The Balaban J connectivity index is 1.64. The van der Waals surface area contributed by atoms with E-state index < -0.39 is 0 Å². The lowest BCUT2D eigenvalue weighted by Gasteiger charge is -2.04. The van der Waals surface area contributed by atoms with Gasteiger partial charge in [0.1, 0.15) is 10.6 Å². The van der Waals surface area contributed by atoms with Crippen LogP contribution in [-0.2, 0) is 6.42 Å². The molecule has 28 heavy (non-hydrogen) atoms. The van der Waals surface area contributed by atoms with Gasteiger partial charge in [0.25, 0.3) is 0 Å². The van der Waals surface area contributed by atoms with Gasteiger partial charge in [-0.15, -0.1) is 11.3 Å². The molecule has 0 aliphatic heterocycles. The van der Waals surface area contributed by atoms with Crippen LogP contribution in [0.25, 0.3) is 43.6 Å². The van der Waals surface area contributed by atoms with Crippen molar-refractivity contribution in [1.82, 2.24) is 4.98 Å². The van der Waals surface area contributed by atoms with Crippen molar-refractivity contribution in [2.75, 3.05) is 0 Å². The summed E-state index contributed by atoms with van der Waals surface area (Å²) >= 11 is 1.46. The van der Waals surface area contributed by atoms with E-state index in [0.717, 1.165) is 33.8 Å². The molecule has 0 saturated carbocycles. The van der Waals surface area contributed by atoms with Crippen LogP contribution in [0.3, 0.4) is 0 Å². The van der Waals surface area contributed by atoms with E-state index in [-0.39, 0.29) is 5.63 Å². The number of fused-ring (bicyclic) bond motifs is 3. The van der Waals surface area contributed by atoms with Gasteiger partial charge in [-0.05, 0) is 34.9 Å². The quantitative estimate of drug-likeness (QED) is 0.271. The zero-order valence-corrected chi connectivity index (χ0v) is 16.1. The maximum absolute atomic E-state index is 12.6. The van der Waals surface area contributed by atoms with Gasteiger partial charge >= 0.3 is 5.63 Å². The van der Waals surface area contributed by atoms with Gasteiger partial charge in [0, 0.05) is 16.3 Å². The van der Waals surface area contributed by atoms with Crippen molar-refractivity contribution in [1.29, 1.82) is 0 Å². The lowest BCUT2D eigenvalue weighted by Crippen LogP contribution is -2.02. The number of thiazole rings is 1. The Morgan fingerprint density at radius 1 is 0.964 bits per heavy atom. The maximum atomic E-state index is 12.6. The van der Waals surface area contributed by atoms with Gasteiger partial charge in [-0.1, -0.05) is 61.5 Å². The highest BCUT2D eigenvalue weighted by atomic mass is 32.1. The van der Waals surface area contributed by atoms with Gasteiger partial charge in [0.05, 0.1) is 11.3 Å². The number of hydrogen-bond donors (Lipinski definition) is 0. The summed E-state index contributed by atoms with van der Waals surface area (Å²) in [4.78, 5) is 17.3. The fourth-order valence-corrected chi connectivity index (χ4v) is 4.29. The molecule has 0 N–H and O–H groups in total. The second-order valence-corrected chi connectivity index (χ2v) is 7.59. The summed E-state index contributed by atoms with van der Waals surface area (Å²) in [6, 6.07) is 22.2. The van der Waals surface area contributed by atoms with Crippen molar-refractivity contribution in [3.05, 3.63) is 88.1 Å². The van der Waals surface area contributed by atoms with Gasteiger partial charge in [-0.25, -0.2) is 9.78 Å². The minimum Gasteiger partial charge on any atom is -0.422 e. The average Bonchev–Trinajstić information content (AvgIpc) is 3.23. The topological polar surface area (TPSA) is 43.1 Å². The molecule has 0 aliphatic rings. The molecule has 3 nitrogen and oxygen atoms in total. The minimum absolute atomic E-state index is 0.356. The molecule has 4 heteroatoms. The monoisotopic (exact) mass is 383 g/mol. The molecule has 0 atom stereocenters. The predicted octanol–water partition coefficient (Wildman–Crippen LogP) is 6.30. The SMILES string of the molecule is CCc1ccc(-c2csc(-c3cc4c(ccc5ccccc54)oc3=O)n2)cc1.